The lowest BCUT2D eigenvalue weighted by molar-refractivity contribution is 0.328. The molecule has 18 heavy (non-hydrogen) atoms. The molecule has 0 saturated heterocycles. The maximum atomic E-state index is 9.50. The van der Waals surface area contributed by atoms with Crippen LogP contribution in [-0.4, -0.2) is 31.9 Å². The summed E-state index contributed by atoms with van der Waals surface area (Å²) in [5, 5.41) is 15.8. The molecule has 2 rings (SSSR count). The minimum absolute atomic E-state index is 0.248. The molecule has 94 valence electrons. The van der Waals surface area contributed by atoms with Crippen LogP contribution in [0.2, 0.25) is 0 Å². The molecule has 0 radical (unpaired) electrons. The van der Waals surface area contributed by atoms with Gasteiger partial charge in [-0.15, -0.1) is 20.4 Å². The van der Waals surface area contributed by atoms with Crippen molar-refractivity contribution in [1.82, 2.24) is 20.4 Å². The summed E-state index contributed by atoms with van der Waals surface area (Å²) in [6.07, 6.45) is 0.248. The van der Waals surface area contributed by atoms with Crippen LogP contribution in [0.15, 0.2) is 30.3 Å². The van der Waals surface area contributed by atoms with Crippen LogP contribution < -0.4 is 0 Å². The minimum Gasteiger partial charge on any atom is -0.350 e. The zero-order valence-corrected chi connectivity index (χ0v) is 10.8. The van der Waals surface area contributed by atoms with Gasteiger partial charge in [0.05, 0.1) is 12.8 Å². The second-order valence-corrected chi connectivity index (χ2v) is 4.71. The number of benzene rings is 1. The van der Waals surface area contributed by atoms with Gasteiger partial charge in [-0.3, -0.25) is 0 Å². The zero-order chi connectivity index (χ0) is 12.8. The molecule has 0 saturated carbocycles. The van der Waals surface area contributed by atoms with E-state index < -0.39 is 8.38 Å². The van der Waals surface area contributed by atoms with Crippen molar-refractivity contribution in [3.8, 4) is 11.4 Å². The Balaban J connectivity index is 2.06. The van der Waals surface area contributed by atoms with Gasteiger partial charge < -0.3 is 9.42 Å². The van der Waals surface area contributed by atoms with E-state index in [1.165, 1.54) is 0 Å². The summed E-state index contributed by atoms with van der Waals surface area (Å²) in [5.74, 6) is 0.856. The SMILES string of the molecule is CCOP(O)Cc1nnc(-c2ccccc2)nn1. The molecular formula is C11H13N4O2P. The van der Waals surface area contributed by atoms with E-state index in [1.807, 2.05) is 37.3 Å². The first-order valence-electron chi connectivity index (χ1n) is 5.50. The molecule has 1 unspecified atom stereocenters. The normalized spacial score (nSPS) is 12.3. The van der Waals surface area contributed by atoms with Gasteiger partial charge in [-0.1, -0.05) is 30.3 Å². The third kappa shape index (κ3) is 3.50. The van der Waals surface area contributed by atoms with Crippen LogP contribution in [0, 0.1) is 0 Å². The first-order chi connectivity index (χ1) is 8.79. The molecule has 1 aromatic carbocycles. The van der Waals surface area contributed by atoms with Crippen LogP contribution in [0.4, 0.5) is 0 Å². The standard InChI is InChI=1S/C11H13N4O2P/c1-2-17-18(16)8-10-12-14-11(15-13-10)9-6-4-3-5-7-9/h3-7,16H,2,8H2,1H3. The lowest BCUT2D eigenvalue weighted by atomic mass is 10.2. The Bertz CT molecular complexity index is 480. The van der Waals surface area contributed by atoms with Gasteiger partial charge in [-0.2, -0.15) is 0 Å². The lowest BCUT2D eigenvalue weighted by Crippen LogP contribution is -2.02. The summed E-state index contributed by atoms with van der Waals surface area (Å²) in [4.78, 5) is 9.50. The average molecular weight is 264 g/mol. The van der Waals surface area contributed by atoms with Crippen LogP contribution >= 0.6 is 8.38 Å². The highest BCUT2D eigenvalue weighted by atomic mass is 31.2. The fourth-order valence-electron chi connectivity index (χ4n) is 1.33. The van der Waals surface area contributed by atoms with Crippen molar-refractivity contribution < 1.29 is 9.42 Å². The van der Waals surface area contributed by atoms with Gasteiger partial charge in [0.1, 0.15) is 0 Å². The van der Waals surface area contributed by atoms with Crippen molar-refractivity contribution in [2.45, 2.75) is 13.1 Å². The third-order valence-electron chi connectivity index (χ3n) is 2.11. The Labute approximate surface area is 106 Å². The Morgan fingerprint density at radius 2 is 1.78 bits per heavy atom. The Hall–Kier alpha value is -1.49. The topological polar surface area (TPSA) is 81.0 Å². The summed E-state index contributed by atoms with van der Waals surface area (Å²) in [6.45, 7) is 2.28. The molecule has 0 aliphatic rings. The van der Waals surface area contributed by atoms with Gasteiger partial charge in [0.2, 0.25) is 5.82 Å². The van der Waals surface area contributed by atoms with Crippen LogP contribution in [0.3, 0.4) is 0 Å². The maximum absolute atomic E-state index is 9.50. The zero-order valence-electron chi connectivity index (χ0n) is 9.89. The fraction of sp³-hybridized carbons (Fsp3) is 0.273. The van der Waals surface area contributed by atoms with Gasteiger partial charge in [0.15, 0.2) is 14.2 Å². The molecule has 1 heterocycles. The van der Waals surface area contributed by atoms with E-state index in [1.54, 1.807) is 0 Å². The molecule has 6 nitrogen and oxygen atoms in total. The van der Waals surface area contributed by atoms with E-state index in [2.05, 4.69) is 20.4 Å². The molecule has 7 heteroatoms. The van der Waals surface area contributed by atoms with E-state index in [0.29, 0.717) is 18.3 Å². The van der Waals surface area contributed by atoms with Gasteiger partial charge in [-0.05, 0) is 6.92 Å². The number of aromatic nitrogens is 4. The summed E-state index contributed by atoms with van der Waals surface area (Å²) in [7, 11) is -1.53. The van der Waals surface area contributed by atoms with Crippen LogP contribution in [0.1, 0.15) is 12.7 Å². The average Bonchev–Trinajstić information content (AvgIpc) is 2.41. The smallest absolute Gasteiger partial charge is 0.203 e. The van der Waals surface area contributed by atoms with Crippen LogP contribution in [0.5, 0.6) is 0 Å². The summed E-state index contributed by atoms with van der Waals surface area (Å²) >= 11 is 0. The molecule has 0 aliphatic carbocycles. The molecule has 1 aromatic heterocycles. The van der Waals surface area contributed by atoms with E-state index >= 15 is 0 Å². The molecule has 0 aliphatic heterocycles. The first-order valence-corrected chi connectivity index (χ1v) is 6.90. The molecular weight excluding hydrogens is 251 g/mol. The van der Waals surface area contributed by atoms with Crippen molar-refractivity contribution >= 4 is 8.38 Å². The second kappa shape index (κ2) is 6.44. The number of nitrogens with zero attached hydrogens (tertiary/aromatic N) is 4. The predicted molar refractivity (Wildman–Crippen MR) is 67.5 cm³/mol. The highest BCUT2D eigenvalue weighted by Crippen LogP contribution is 2.34. The molecule has 0 fully saturated rings. The van der Waals surface area contributed by atoms with E-state index in [9.17, 15) is 4.89 Å². The Morgan fingerprint density at radius 3 is 2.39 bits per heavy atom. The predicted octanol–water partition coefficient (Wildman–Crippen LogP) is 1.77. The number of hydrogen-bond acceptors (Lipinski definition) is 6. The molecule has 2 aromatic rings. The monoisotopic (exact) mass is 264 g/mol. The van der Waals surface area contributed by atoms with Gasteiger partial charge >= 0.3 is 0 Å². The Morgan fingerprint density at radius 1 is 1.11 bits per heavy atom. The molecule has 1 atom stereocenters. The van der Waals surface area contributed by atoms with Gasteiger partial charge in [-0.25, -0.2) is 0 Å². The van der Waals surface area contributed by atoms with Crippen LogP contribution in [0.25, 0.3) is 11.4 Å². The van der Waals surface area contributed by atoms with E-state index in [0.717, 1.165) is 5.56 Å². The highest BCUT2D eigenvalue weighted by Gasteiger charge is 2.10. The van der Waals surface area contributed by atoms with Gasteiger partial charge in [0.25, 0.3) is 0 Å². The van der Waals surface area contributed by atoms with Crippen molar-refractivity contribution in [3.05, 3.63) is 36.2 Å². The molecule has 0 amide bonds. The number of rotatable bonds is 5. The van der Waals surface area contributed by atoms with Crippen molar-refractivity contribution in [3.63, 3.8) is 0 Å². The third-order valence-corrected chi connectivity index (χ3v) is 3.22. The van der Waals surface area contributed by atoms with Crippen molar-refractivity contribution in [2.24, 2.45) is 0 Å². The first kappa shape index (κ1) is 13.0. The minimum atomic E-state index is -1.53. The largest absolute Gasteiger partial charge is 0.350 e. The van der Waals surface area contributed by atoms with Gasteiger partial charge in [0, 0.05) is 5.56 Å². The summed E-state index contributed by atoms with van der Waals surface area (Å²) < 4.78 is 5.05. The maximum Gasteiger partial charge on any atom is 0.203 e. The quantitative estimate of drug-likeness (QED) is 0.829. The summed E-state index contributed by atoms with van der Waals surface area (Å²) in [5.41, 5.74) is 0.861. The van der Waals surface area contributed by atoms with Crippen molar-refractivity contribution in [2.75, 3.05) is 6.61 Å². The van der Waals surface area contributed by atoms with Crippen molar-refractivity contribution in [1.29, 1.82) is 0 Å². The number of hydrogen-bond donors (Lipinski definition) is 1. The second-order valence-electron chi connectivity index (χ2n) is 3.43. The molecule has 0 spiro atoms. The lowest BCUT2D eigenvalue weighted by Gasteiger charge is -2.06. The highest BCUT2D eigenvalue weighted by molar-refractivity contribution is 7.45. The Kier molecular flexibility index (Phi) is 4.64. The van der Waals surface area contributed by atoms with E-state index in [4.69, 9.17) is 4.52 Å². The molecule has 0 bridgehead atoms. The summed E-state index contributed by atoms with van der Waals surface area (Å²) in [6, 6.07) is 9.48. The van der Waals surface area contributed by atoms with Crippen LogP contribution in [-0.2, 0) is 10.7 Å². The van der Waals surface area contributed by atoms with E-state index in [-0.39, 0.29) is 6.16 Å². The molecule has 1 N–H and O–H groups in total. The fourth-order valence-corrected chi connectivity index (χ4v) is 2.09.